The van der Waals surface area contributed by atoms with E-state index >= 15 is 0 Å². The molecule has 0 spiro atoms. The number of carbonyl (C=O) groups is 3. The molecule has 29 heavy (non-hydrogen) atoms. The molecule has 0 fully saturated rings. The van der Waals surface area contributed by atoms with Crippen molar-refractivity contribution in [2.24, 2.45) is 0 Å². The van der Waals surface area contributed by atoms with E-state index in [1.807, 2.05) is 52.8 Å². The van der Waals surface area contributed by atoms with Crippen LogP contribution in [0.1, 0.15) is 64.3 Å². The normalized spacial score (nSPS) is 12.3. The number of aryl methyl sites for hydroxylation is 2. The number of rotatable bonds is 7. The molecule has 1 rings (SSSR count). The number of ether oxygens (including phenoxy) is 1. The monoisotopic (exact) mass is 405 g/mol. The van der Waals surface area contributed by atoms with Crippen molar-refractivity contribution in [1.29, 1.82) is 0 Å². The van der Waals surface area contributed by atoms with Crippen LogP contribution in [0.3, 0.4) is 0 Å². The summed E-state index contributed by atoms with van der Waals surface area (Å²) in [5.74, 6) is -0.612. The van der Waals surface area contributed by atoms with Crippen LogP contribution in [0.15, 0.2) is 18.2 Å². The average molecular weight is 406 g/mol. The third-order valence-corrected chi connectivity index (χ3v) is 3.99. The van der Waals surface area contributed by atoms with Gasteiger partial charge in [0.15, 0.2) is 0 Å². The maximum Gasteiger partial charge on any atom is 0.408 e. The molecule has 3 amide bonds. The number of amides is 3. The van der Waals surface area contributed by atoms with Gasteiger partial charge in [0.1, 0.15) is 18.2 Å². The van der Waals surface area contributed by atoms with E-state index < -0.39 is 17.7 Å². The van der Waals surface area contributed by atoms with Crippen LogP contribution >= 0.6 is 0 Å². The molecule has 0 aromatic heterocycles. The Labute approximate surface area is 174 Å². The molecule has 162 valence electrons. The molecule has 0 bridgehead atoms. The molecule has 1 unspecified atom stereocenters. The summed E-state index contributed by atoms with van der Waals surface area (Å²) in [7, 11) is 0. The molecule has 0 aliphatic rings. The van der Waals surface area contributed by atoms with Gasteiger partial charge in [-0.3, -0.25) is 9.59 Å². The molecule has 7 heteroatoms. The lowest BCUT2D eigenvalue weighted by molar-refractivity contribution is -0.140. The van der Waals surface area contributed by atoms with Crippen molar-refractivity contribution in [1.82, 2.24) is 15.5 Å². The smallest absolute Gasteiger partial charge is 0.408 e. The fraction of sp³-hybridized carbons (Fsp3) is 0.591. The molecule has 0 radical (unpaired) electrons. The first-order chi connectivity index (χ1) is 13.3. The quantitative estimate of drug-likeness (QED) is 0.729. The van der Waals surface area contributed by atoms with Gasteiger partial charge in [0.05, 0.1) is 0 Å². The van der Waals surface area contributed by atoms with Crippen LogP contribution in [-0.2, 0) is 14.3 Å². The van der Waals surface area contributed by atoms with Gasteiger partial charge in [0.2, 0.25) is 11.8 Å². The topological polar surface area (TPSA) is 87.7 Å². The van der Waals surface area contributed by atoms with Gasteiger partial charge in [0.25, 0.3) is 0 Å². The molecule has 0 saturated heterocycles. The maximum atomic E-state index is 13.0. The lowest BCUT2D eigenvalue weighted by Gasteiger charge is -2.31. The van der Waals surface area contributed by atoms with Gasteiger partial charge in [-0.05, 0) is 61.0 Å². The number of benzene rings is 1. The van der Waals surface area contributed by atoms with Gasteiger partial charge in [-0.2, -0.15) is 0 Å². The van der Waals surface area contributed by atoms with Crippen molar-refractivity contribution < 1.29 is 19.1 Å². The molecule has 2 N–H and O–H groups in total. The minimum atomic E-state index is -0.783. The van der Waals surface area contributed by atoms with Crippen LogP contribution in [0.2, 0.25) is 0 Å². The Kier molecular flexibility index (Phi) is 8.67. The predicted molar refractivity (Wildman–Crippen MR) is 114 cm³/mol. The summed E-state index contributed by atoms with van der Waals surface area (Å²) in [6.45, 7) is 14.8. The Morgan fingerprint density at radius 3 is 2.07 bits per heavy atom. The molecule has 1 atom stereocenters. The zero-order valence-corrected chi connectivity index (χ0v) is 18.9. The molecular weight excluding hydrogens is 370 g/mol. The molecular formula is C22H35N3O4. The van der Waals surface area contributed by atoms with Crippen LogP contribution in [0.5, 0.6) is 0 Å². The van der Waals surface area contributed by atoms with Gasteiger partial charge < -0.3 is 20.3 Å². The Bertz CT molecular complexity index is 718. The first-order valence-corrected chi connectivity index (χ1v) is 9.99. The van der Waals surface area contributed by atoms with E-state index in [1.165, 1.54) is 4.90 Å². The minimum absolute atomic E-state index is 0.0652. The second-order valence-corrected chi connectivity index (χ2v) is 8.52. The van der Waals surface area contributed by atoms with Crippen molar-refractivity contribution in [2.45, 2.75) is 73.1 Å². The van der Waals surface area contributed by atoms with Gasteiger partial charge in [-0.1, -0.05) is 29.3 Å². The zero-order chi connectivity index (χ0) is 22.4. The van der Waals surface area contributed by atoms with E-state index in [0.717, 1.165) is 16.7 Å². The summed E-state index contributed by atoms with van der Waals surface area (Å²) in [5.41, 5.74) is 2.11. The highest BCUT2D eigenvalue weighted by molar-refractivity contribution is 5.90. The standard InChI is InChI=1S/C22H35N3O4/c1-9-25(18(26)13-23-21(28)29-22(6,7)8)19(20(27)24-14(2)3)17-11-15(4)10-16(5)12-17/h10-12,14,19H,9,13H2,1-8H3,(H,23,28)(H,24,27). The van der Waals surface area contributed by atoms with E-state index in [-0.39, 0.29) is 24.4 Å². The van der Waals surface area contributed by atoms with Crippen molar-refractivity contribution in [2.75, 3.05) is 13.1 Å². The molecule has 0 aliphatic carbocycles. The summed E-state index contributed by atoms with van der Waals surface area (Å²) in [5, 5.41) is 5.38. The van der Waals surface area contributed by atoms with Crippen LogP contribution in [0.25, 0.3) is 0 Å². The van der Waals surface area contributed by atoms with E-state index in [9.17, 15) is 14.4 Å². The summed E-state index contributed by atoms with van der Waals surface area (Å²) >= 11 is 0. The van der Waals surface area contributed by atoms with Crippen LogP contribution in [-0.4, -0.2) is 47.5 Å². The van der Waals surface area contributed by atoms with E-state index in [1.54, 1.807) is 20.8 Å². The second kappa shape index (κ2) is 10.3. The largest absolute Gasteiger partial charge is 0.444 e. The Morgan fingerprint density at radius 1 is 1.07 bits per heavy atom. The molecule has 0 saturated carbocycles. The van der Waals surface area contributed by atoms with Crippen molar-refractivity contribution in [3.05, 3.63) is 34.9 Å². The van der Waals surface area contributed by atoms with Crippen LogP contribution in [0, 0.1) is 13.8 Å². The van der Waals surface area contributed by atoms with Crippen LogP contribution in [0.4, 0.5) is 4.79 Å². The Morgan fingerprint density at radius 2 is 1.62 bits per heavy atom. The maximum absolute atomic E-state index is 13.0. The lowest BCUT2D eigenvalue weighted by atomic mass is 9.99. The number of alkyl carbamates (subject to hydrolysis) is 1. The molecule has 1 aromatic rings. The summed E-state index contributed by atoms with van der Waals surface area (Å²) < 4.78 is 5.18. The fourth-order valence-corrected chi connectivity index (χ4v) is 3.07. The predicted octanol–water partition coefficient (Wildman–Crippen LogP) is 3.24. The van der Waals surface area contributed by atoms with Gasteiger partial charge in [-0.15, -0.1) is 0 Å². The Hall–Kier alpha value is -2.57. The van der Waals surface area contributed by atoms with Gasteiger partial charge in [0, 0.05) is 12.6 Å². The summed E-state index contributed by atoms with van der Waals surface area (Å²) in [4.78, 5) is 39.3. The van der Waals surface area contributed by atoms with Gasteiger partial charge >= 0.3 is 6.09 Å². The number of nitrogens with zero attached hydrogens (tertiary/aromatic N) is 1. The molecule has 1 aromatic carbocycles. The Balaban J connectivity index is 3.11. The molecule has 0 aliphatic heterocycles. The van der Waals surface area contributed by atoms with Gasteiger partial charge in [-0.25, -0.2) is 4.79 Å². The first-order valence-electron chi connectivity index (χ1n) is 9.99. The lowest BCUT2D eigenvalue weighted by Crippen LogP contribution is -2.48. The SMILES string of the molecule is CCN(C(=O)CNC(=O)OC(C)(C)C)C(C(=O)NC(C)C)c1cc(C)cc(C)c1. The van der Waals surface area contributed by atoms with Crippen molar-refractivity contribution in [3.8, 4) is 0 Å². The van der Waals surface area contributed by atoms with Crippen LogP contribution < -0.4 is 10.6 Å². The molecule has 0 heterocycles. The van der Waals surface area contributed by atoms with E-state index in [4.69, 9.17) is 4.74 Å². The highest BCUT2D eigenvalue weighted by Crippen LogP contribution is 2.24. The van der Waals surface area contributed by atoms with E-state index in [2.05, 4.69) is 10.6 Å². The second-order valence-electron chi connectivity index (χ2n) is 8.52. The minimum Gasteiger partial charge on any atom is -0.444 e. The molecule has 7 nitrogen and oxygen atoms in total. The third-order valence-electron chi connectivity index (χ3n) is 3.99. The van der Waals surface area contributed by atoms with E-state index in [0.29, 0.717) is 6.54 Å². The highest BCUT2D eigenvalue weighted by atomic mass is 16.6. The number of nitrogens with one attached hydrogen (secondary N) is 2. The third kappa shape index (κ3) is 8.13. The first kappa shape index (κ1) is 24.5. The van der Waals surface area contributed by atoms with Crippen molar-refractivity contribution >= 4 is 17.9 Å². The number of hydrogen-bond donors (Lipinski definition) is 2. The number of carbonyl (C=O) groups excluding carboxylic acids is 3. The number of likely N-dealkylation sites (N-methyl/N-ethyl adjacent to an activating group) is 1. The summed E-state index contributed by atoms with van der Waals surface area (Å²) in [6.07, 6.45) is -0.670. The number of hydrogen-bond acceptors (Lipinski definition) is 4. The highest BCUT2D eigenvalue weighted by Gasteiger charge is 2.31. The average Bonchev–Trinajstić information content (AvgIpc) is 2.54. The van der Waals surface area contributed by atoms with Crippen molar-refractivity contribution in [3.63, 3.8) is 0 Å². The fourth-order valence-electron chi connectivity index (χ4n) is 3.07. The zero-order valence-electron chi connectivity index (χ0n) is 18.9. The summed E-state index contributed by atoms with van der Waals surface area (Å²) in [6, 6.07) is 4.99.